The van der Waals surface area contributed by atoms with Crippen LogP contribution in [0.3, 0.4) is 0 Å². The summed E-state index contributed by atoms with van der Waals surface area (Å²) in [6, 6.07) is 10.8. The molecule has 2 aliphatic rings. The van der Waals surface area contributed by atoms with E-state index in [1.165, 1.54) is 25.5 Å². The van der Waals surface area contributed by atoms with E-state index in [1.54, 1.807) is 0 Å². The van der Waals surface area contributed by atoms with Gasteiger partial charge in [0.1, 0.15) is 0 Å². The van der Waals surface area contributed by atoms with Crippen LogP contribution in [-0.4, -0.2) is 4.57 Å². The zero-order chi connectivity index (χ0) is 10.4. The fraction of sp³-hybridized carbons (Fsp3) is 0.0769. The van der Waals surface area contributed by atoms with Crippen LogP contribution in [0.4, 0.5) is 0 Å². The van der Waals surface area contributed by atoms with Crippen molar-refractivity contribution >= 4 is 33.4 Å². The molecule has 2 heteroatoms. The molecule has 1 nitrogen and oxygen atoms in total. The van der Waals surface area contributed by atoms with Crippen molar-refractivity contribution in [1.29, 1.82) is 0 Å². The van der Waals surface area contributed by atoms with E-state index in [9.17, 15) is 0 Å². The van der Waals surface area contributed by atoms with Crippen LogP contribution in [-0.2, 0) is 7.05 Å². The molecule has 74 valence electrons. The lowest BCUT2D eigenvalue weighted by molar-refractivity contribution is 0.901. The van der Waals surface area contributed by atoms with Gasteiger partial charge in [-0.15, -0.1) is 0 Å². The second kappa shape index (κ2) is 3.23. The molecule has 1 aromatic rings. The molecule has 0 N–H and O–H groups in total. The normalized spacial score (nSPS) is 11.3. The fourth-order valence-corrected chi connectivity index (χ4v) is 2.96. The van der Waals surface area contributed by atoms with Gasteiger partial charge in [-0.25, -0.2) is 0 Å². The maximum atomic E-state index is 2.40. The Labute approximate surface area is 102 Å². The molecule has 0 unspecified atom stereocenters. The maximum absolute atomic E-state index is 2.40. The molecule has 0 saturated heterocycles. The zero-order valence-corrected chi connectivity index (χ0v) is 10.5. The van der Waals surface area contributed by atoms with Gasteiger partial charge in [0.2, 0.25) is 0 Å². The summed E-state index contributed by atoms with van der Waals surface area (Å²) in [6.45, 7) is 0. The van der Waals surface area contributed by atoms with Crippen LogP contribution in [0.25, 0.3) is 21.9 Å². The monoisotopic (exact) mass is 307 g/mol. The Morgan fingerprint density at radius 1 is 1.07 bits per heavy atom. The first-order valence-corrected chi connectivity index (χ1v) is 5.96. The smallest absolute Gasteiger partial charge is 0.0371 e. The highest BCUT2D eigenvalue weighted by Crippen LogP contribution is 2.36. The summed E-state index contributed by atoms with van der Waals surface area (Å²) < 4.78 is 3.43. The maximum Gasteiger partial charge on any atom is 0.0371 e. The van der Waals surface area contributed by atoms with Crippen LogP contribution >= 0.6 is 22.6 Å². The number of fused-ring (bicyclic) bond motifs is 3. The number of nitrogens with zero attached hydrogens (tertiary/aromatic N) is 1. The van der Waals surface area contributed by atoms with E-state index in [0.29, 0.717) is 0 Å². The largest absolute Gasteiger partial charge is 0.356 e. The van der Waals surface area contributed by atoms with Crippen LogP contribution in [0, 0.1) is 3.57 Å². The van der Waals surface area contributed by atoms with Crippen LogP contribution in [0.2, 0.25) is 0 Å². The van der Waals surface area contributed by atoms with Crippen molar-refractivity contribution in [2.75, 3.05) is 0 Å². The molecule has 0 atom stereocenters. The summed E-state index contributed by atoms with van der Waals surface area (Å²) in [5, 5.41) is 2.68. The molecule has 1 aliphatic carbocycles. The highest BCUT2D eigenvalue weighted by atomic mass is 127. The van der Waals surface area contributed by atoms with Crippen molar-refractivity contribution in [2.45, 2.75) is 0 Å². The zero-order valence-electron chi connectivity index (χ0n) is 8.37. The van der Waals surface area contributed by atoms with Crippen molar-refractivity contribution in [1.82, 2.24) is 4.57 Å². The van der Waals surface area contributed by atoms with Crippen molar-refractivity contribution in [3.05, 3.63) is 46.3 Å². The second-order valence-corrected chi connectivity index (χ2v) is 4.99. The van der Waals surface area contributed by atoms with E-state index in [2.05, 4.69) is 76.9 Å². The number of aromatic nitrogens is 1. The van der Waals surface area contributed by atoms with Crippen molar-refractivity contribution in [3.63, 3.8) is 0 Å². The minimum atomic E-state index is 1.31. The van der Waals surface area contributed by atoms with E-state index in [1.807, 2.05) is 0 Å². The lowest BCUT2D eigenvalue weighted by atomic mass is 10.1. The number of hydrogen-bond acceptors (Lipinski definition) is 0. The Balaban J connectivity index is 2.53. The molecule has 0 amide bonds. The molecule has 0 aromatic heterocycles. The van der Waals surface area contributed by atoms with Gasteiger partial charge in [0.15, 0.2) is 0 Å². The number of rotatable bonds is 0. The minimum absolute atomic E-state index is 1.31. The lowest BCUT2D eigenvalue weighted by Crippen LogP contribution is -1.93. The first-order valence-electron chi connectivity index (χ1n) is 4.88. The van der Waals surface area contributed by atoms with Gasteiger partial charge in [-0.3, -0.25) is 0 Å². The van der Waals surface area contributed by atoms with E-state index < -0.39 is 0 Å². The highest BCUT2D eigenvalue weighted by molar-refractivity contribution is 14.1. The van der Waals surface area contributed by atoms with Crippen molar-refractivity contribution in [3.8, 4) is 11.1 Å². The van der Waals surface area contributed by atoms with Gasteiger partial charge in [0.05, 0.1) is 0 Å². The van der Waals surface area contributed by atoms with Crippen LogP contribution in [0.1, 0.15) is 0 Å². The Bertz CT molecular complexity index is 609. The Kier molecular flexibility index (Phi) is 1.99. The molecule has 0 radical (unpaired) electrons. The molecule has 1 heterocycles. The first kappa shape index (κ1) is 9.21. The van der Waals surface area contributed by atoms with E-state index in [0.717, 1.165) is 0 Å². The average Bonchev–Trinajstić information content (AvgIpc) is 2.57. The van der Waals surface area contributed by atoms with Crippen LogP contribution in [0.15, 0.2) is 42.7 Å². The fourth-order valence-electron chi connectivity index (χ4n) is 2.07. The van der Waals surface area contributed by atoms with Crippen LogP contribution in [0.5, 0.6) is 0 Å². The van der Waals surface area contributed by atoms with Gasteiger partial charge >= 0.3 is 0 Å². The van der Waals surface area contributed by atoms with Gasteiger partial charge in [-0.2, -0.15) is 0 Å². The SMILES string of the molecule is Cn1cc(I)c2cc3ccccc3c-2c1. The lowest BCUT2D eigenvalue weighted by Gasteiger charge is -2.06. The van der Waals surface area contributed by atoms with Gasteiger partial charge in [-0.05, 0) is 45.0 Å². The molecular weight excluding hydrogens is 297 g/mol. The third-order valence-corrected chi connectivity index (χ3v) is 3.61. The average molecular weight is 307 g/mol. The molecule has 0 bridgehead atoms. The number of halogens is 1. The number of hydrogen-bond donors (Lipinski definition) is 0. The third-order valence-electron chi connectivity index (χ3n) is 2.75. The highest BCUT2D eigenvalue weighted by Gasteiger charge is 2.12. The molecular formula is C13H10IN. The third kappa shape index (κ3) is 1.35. The molecule has 15 heavy (non-hydrogen) atoms. The summed E-state index contributed by atoms with van der Waals surface area (Å²) in [5.41, 5.74) is 2.70. The van der Waals surface area contributed by atoms with E-state index >= 15 is 0 Å². The molecule has 3 rings (SSSR count). The van der Waals surface area contributed by atoms with Gasteiger partial charge in [0, 0.05) is 28.6 Å². The Hall–Kier alpha value is -1.03. The number of benzene rings is 1. The summed E-state index contributed by atoms with van der Waals surface area (Å²) in [6.07, 6.45) is 4.35. The van der Waals surface area contributed by atoms with Crippen LogP contribution < -0.4 is 0 Å². The molecule has 0 saturated carbocycles. The second-order valence-electron chi connectivity index (χ2n) is 3.83. The Morgan fingerprint density at radius 3 is 2.73 bits per heavy atom. The summed E-state index contributed by atoms with van der Waals surface area (Å²) in [4.78, 5) is 0. The molecule has 0 spiro atoms. The van der Waals surface area contributed by atoms with E-state index in [4.69, 9.17) is 0 Å². The summed E-state index contributed by atoms with van der Waals surface area (Å²) in [7, 11) is 2.07. The van der Waals surface area contributed by atoms with Crippen molar-refractivity contribution in [2.24, 2.45) is 7.05 Å². The Morgan fingerprint density at radius 2 is 1.87 bits per heavy atom. The van der Waals surface area contributed by atoms with Gasteiger partial charge in [0.25, 0.3) is 0 Å². The van der Waals surface area contributed by atoms with Crippen molar-refractivity contribution < 1.29 is 0 Å². The van der Waals surface area contributed by atoms with Gasteiger partial charge < -0.3 is 4.57 Å². The summed E-state index contributed by atoms with van der Waals surface area (Å²) >= 11 is 2.40. The van der Waals surface area contributed by atoms with E-state index in [-0.39, 0.29) is 0 Å². The number of pyridine rings is 1. The standard InChI is InChI=1S/C13H10IN/c1-15-7-12-10-5-3-2-4-9(10)6-11(12)13(14)8-15/h2-8H,1H3. The predicted octanol–water partition coefficient (Wildman–Crippen LogP) is 3.89. The first-order chi connectivity index (χ1) is 7.25. The molecule has 0 fully saturated rings. The molecule has 1 aromatic carbocycles. The predicted molar refractivity (Wildman–Crippen MR) is 72.3 cm³/mol. The quantitative estimate of drug-likeness (QED) is 0.555. The van der Waals surface area contributed by atoms with Gasteiger partial charge in [-0.1, -0.05) is 24.3 Å². The topological polar surface area (TPSA) is 4.93 Å². The number of aryl methyl sites for hydroxylation is 1. The molecule has 1 aliphatic heterocycles. The minimum Gasteiger partial charge on any atom is -0.356 e. The summed E-state index contributed by atoms with van der Waals surface area (Å²) in [5.74, 6) is 0.